The van der Waals surface area contributed by atoms with Crippen molar-refractivity contribution in [1.82, 2.24) is 0 Å². The molecule has 1 saturated carbocycles. The van der Waals surface area contributed by atoms with Crippen molar-refractivity contribution in [3.05, 3.63) is 29.8 Å². The highest BCUT2D eigenvalue weighted by atomic mass is 16.5. The Bertz CT molecular complexity index is 426. The van der Waals surface area contributed by atoms with Gasteiger partial charge in [-0.3, -0.25) is 4.79 Å². The Balaban J connectivity index is 1.56. The fourth-order valence-electron chi connectivity index (χ4n) is 2.29. The van der Waals surface area contributed by atoms with E-state index in [1.807, 2.05) is 12.1 Å². The fourth-order valence-corrected chi connectivity index (χ4v) is 2.29. The lowest BCUT2D eigenvalue weighted by Gasteiger charge is -2.09. The second kappa shape index (κ2) is 4.40. The third-order valence-electron chi connectivity index (χ3n) is 3.53. The van der Waals surface area contributed by atoms with E-state index < -0.39 is 0 Å². The average Bonchev–Trinajstić information content (AvgIpc) is 3.10. The van der Waals surface area contributed by atoms with Crippen molar-refractivity contribution >= 4 is 11.7 Å². The van der Waals surface area contributed by atoms with Crippen LogP contribution in [0, 0.1) is 5.92 Å². The van der Waals surface area contributed by atoms with E-state index in [2.05, 4.69) is 17.4 Å². The maximum absolute atomic E-state index is 11.7. The molecule has 1 fully saturated rings. The molecule has 1 unspecified atom stereocenters. The molecule has 1 aliphatic carbocycles. The molecular formula is C14H17NO2. The van der Waals surface area contributed by atoms with Crippen LogP contribution in [-0.4, -0.2) is 19.1 Å². The molecule has 3 nitrogen and oxygen atoms in total. The molecule has 0 saturated heterocycles. The Morgan fingerprint density at radius 3 is 3.00 bits per heavy atom. The number of esters is 1. The summed E-state index contributed by atoms with van der Waals surface area (Å²) in [5.74, 6) is 0.867. The largest absolute Gasteiger partial charge is 0.465 e. The predicted octanol–water partition coefficient (Wildman–Crippen LogP) is 2.54. The standard InChI is InChI=1S/C14H17NO2/c16-14(17-9-10-5-6-10)7-11-8-15-13-4-2-1-3-12(11)13/h1-4,10-11,15H,5-9H2. The first-order valence-electron chi connectivity index (χ1n) is 6.31. The van der Waals surface area contributed by atoms with Gasteiger partial charge in [0.25, 0.3) is 0 Å². The number of rotatable bonds is 4. The number of carbonyl (C=O) groups is 1. The highest BCUT2D eigenvalue weighted by molar-refractivity contribution is 5.72. The summed E-state index contributed by atoms with van der Waals surface area (Å²) in [4.78, 5) is 11.7. The van der Waals surface area contributed by atoms with Crippen molar-refractivity contribution in [1.29, 1.82) is 0 Å². The quantitative estimate of drug-likeness (QED) is 0.809. The predicted molar refractivity (Wildman–Crippen MR) is 66.0 cm³/mol. The van der Waals surface area contributed by atoms with Crippen LogP contribution < -0.4 is 5.32 Å². The van der Waals surface area contributed by atoms with Crippen molar-refractivity contribution in [2.75, 3.05) is 18.5 Å². The molecular weight excluding hydrogens is 214 g/mol. The van der Waals surface area contributed by atoms with Crippen molar-refractivity contribution in [3.63, 3.8) is 0 Å². The Labute approximate surface area is 101 Å². The van der Waals surface area contributed by atoms with Crippen LogP contribution in [-0.2, 0) is 9.53 Å². The van der Waals surface area contributed by atoms with Gasteiger partial charge in [-0.1, -0.05) is 18.2 Å². The van der Waals surface area contributed by atoms with Crippen LogP contribution in [0.3, 0.4) is 0 Å². The molecule has 1 aliphatic heterocycles. The molecule has 1 heterocycles. The van der Waals surface area contributed by atoms with E-state index in [-0.39, 0.29) is 11.9 Å². The van der Waals surface area contributed by atoms with Gasteiger partial charge in [0.1, 0.15) is 0 Å². The fraction of sp³-hybridized carbons (Fsp3) is 0.500. The summed E-state index contributed by atoms with van der Waals surface area (Å²) in [6.07, 6.45) is 2.94. The lowest BCUT2D eigenvalue weighted by Crippen LogP contribution is -2.13. The molecule has 17 heavy (non-hydrogen) atoms. The van der Waals surface area contributed by atoms with E-state index in [9.17, 15) is 4.79 Å². The second-order valence-electron chi connectivity index (χ2n) is 5.00. The third kappa shape index (κ3) is 2.43. The van der Waals surface area contributed by atoms with Gasteiger partial charge in [-0.05, 0) is 30.4 Å². The van der Waals surface area contributed by atoms with Crippen LogP contribution in [0.4, 0.5) is 5.69 Å². The van der Waals surface area contributed by atoms with Gasteiger partial charge in [0, 0.05) is 18.2 Å². The summed E-state index contributed by atoms with van der Waals surface area (Å²) in [6, 6.07) is 8.19. The zero-order valence-electron chi connectivity index (χ0n) is 9.82. The number of ether oxygens (including phenoxy) is 1. The minimum atomic E-state index is -0.0552. The molecule has 0 spiro atoms. The summed E-state index contributed by atoms with van der Waals surface area (Å²) < 4.78 is 5.28. The summed E-state index contributed by atoms with van der Waals surface area (Å²) in [5, 5.41) is 3.32. The van der Waals surface area contributed by atoms with Crippen molar-refractivity contribution < 1.29 is 9.53 Å². The van der Waals surface area contributed by atoms with E-state index in [1.165, 1.54) is 18.4 Å². The Morgan fingerprint density at radius 1 is 1.35 bits per heavy atom. The molecule has 0 bridgehead atoms. The van der Waals surface area contributed by atoms with Crippen molar-refractivity contribution in [3.8, 4) is 0 Å². The highest BCUT2D eigenvalue weighted by Gasteiger charge is 2.26. The normalized spacial score (nSPS) is 21.8. The van der Waals surface area contributed by atoms with Gasteiger partial charge in [-0.2, -0.15) is 0 Å². The Kier molecular flexibility index (Phi) is 2.75. The zero-order valence-corrected chi connectivity index (χ0v) is 9.82. The van der Waals surface area contributed by atoms with Crippen LogP contribution in [0.25, 0.3) is 0 Å². The first kappa shape index (κ1) is 10.6. The van der Waals surface area contributed by atoms with E-state index in [4.69, 9.17) is 4.74 Å². The lowest BCUT2D eigenvalue weighted by atomic mass is 9.98. The van der Waals surface area contributed by atoms with Crippen LogP contribution in [0.2, 0.25) is 0 Å². The molecule has 2 aliphatic rings. The smallest absolute Gasteiger partial charge is 0.306 e. The molecule has 0 radical (unpaired) electrons. The summed E-state index contributed by atoms with van der Waals surface area (Å²) in [5.41, 5.74) is 2.41. The SMILES string of the molecule is O=C(CC1CNc2ccccc21)OCC1CC1. The van der Waals surface area contributed by atoms with E-state index in [0.717, 1.165) is 12.2 Å². The Morgan fingerprint density at radius 2 is 2.18 bits per heavy atom. The van der Waals surface area contributed by atoms with Crippen molar-refractivity contribution in [2.45, 2.75) is 25.2 Å². The second-order valence-corrected chi connectivity index (χ2v) is 5.00. The first-order valence-corrected chi connectivity index (χ1v) is 6.31. The maximum Gasteiger partial charge on any atom is 0.306 e. The number of para-hydroxylation sites is 1. The molecule has 0 aromatic heterocycles. The molecule has 1 aromatic carbocycles. The van der Waals surface area contributed by atoms with Gasteiger partial charge in [-0.15, -0.1) is 0 Å². The number of hydrogen-bond acceptors (Lipinski definition) is 3. The molecule has 1 atom stereocenters. The van der Waals surface area contributed by atoms with Crippen LogP contribution in [0.1, 0.15) is 30.7 Å². The number of benzene rings is 1. The number of hydrogen-bond donors (Lipinski definition) is 1. The minimum absolute atomic E-state index is 0.0552. The monoisotopic (exact) mass is 231 g/mol. The van der Waals surface area contributed by atoms with E-state index in [0.29, 0.717) is 18.9 Å². The number of carbonyl (C=O) groups excluding carboxylic acids is 1. The Hall–Kier alpha value is -1.51. The van der Waals surface area contributed by atoms with E-state index in [1.54, 1.807) is 0 Å². The third-order valence-corrected chi connectivity index (χ3v) is 3.53. The molecule has 1 aromatic rings. The number of fused-ring (bicyclic) bond motifs is 1. The van der Waals surface area contributed by atoms with Crippen molar-refractivity contribution in [2.24, 2.45) is 5.92 Å². The van der Waals surface area contributed by atoms with Gasteiger partial charge in [0.2, 0.25) is 0 Å². The summed E-state index contributed by atoms with van der Waals surface area (Å²) in [6.45, 7) is 1.47. The van der Waals surface area contributed by atoms with Gasteiger partial charge < -0.3 is 10.1 Å². The average molecular weight is 231 g/mol. The number of nitrogens with one attached hydrogen (secondary N) is 1. The molecule has 3 rings (SSSR count). The van der Waals surface area contributed by atoms with Crippen LogP contribution in [0.5, 0.6) is 0 Å². The van der Waals surface area contributed by atoms with Crippen LogP contribution in [0.15, 0.2) is 24.3 Å². The zero-order chi connectivity index (χ0) is 11.7. The molecule has 90 valence electrons. The highest BCUT2D eigenvalue weighted by Crippen LogP contribution is 2.34. The van der Waals surface area contributed by atoms with Gasteiger partial charge in [0.15, 0.2) is 0 Å². The summed E-state index contributed by atoms with van der Waals surface area (Å²) in [7, 11) is 0. The molecule has 1 N–H and O–H groups in total. The van der Waals surface area contributed by atoms with Gasteiger partial charge >= 0.3 is 5.97 Å². The van der Waals surface area contributed by atoms with Gasteiger partial charge in [-0.25, -0.2) is 0 Å². The van der Waals surface area contributed by atoms with Gasteiger partial charge in [0.05, 0.1) is 13.0 Å². The van der Waals surface area contributed by atoms with E-state index >= 15 is 0 Å². The maximum atomic E-state index is 11.7. The number of anilines is 1. The minimum Gasteiger partial charge on any atom is -0.465 e. The summed E-state index contributed by atoms with van der Waals surface area (Å²) >= 11 is 0. The topological polar surface area (TPSA) is 38.3 Å². The first-order chi connectivity index (χ1) is 8.33. The lowest BCUT2D eigenvalue weighted by molar-refractivity contribution is -0.144. The van der Waals surface area contributed by atoms with Crippen LogP contribution >= 0.6 is 0 Å². The molecule has 3 heteroatoms. The molecule has 0 amide bonds.